The molecule has 0 aliphatic heterocycles. The summed E-state index contributed by atoms with van der Waals surface area (Å²) < 4.78 is 6.72. The summed E-state index contributed by atoms with van der Waals surface area (Å²) in [6, 6.07) is 4.11. The third-order valence-corrected chi connectivity index (χ3v) is 2.84. The van der Waals surface area contributed by atoms with E-state index in [1.54, 1.807) is 6.92 Å². The molecule has 1 aromatic heterocycles. The van der Waals surface area contributed by atoms with Crippen LogP contribution in [0.2, 0.25) is 5.02 Å². The lowest BCUT2D eigenvalue weighted by Gasteiger charge is -2.09. The number of halogens is 1. The van der Waals surface area contributed by atoms with Crippen LogP contribution in [0.4, 0.5) is 0 Å². The highest BCUT2D eigenvalue weighted by Crippen LogP contribution is 2.25. The third-order valence-electron chi connectivity index (χ3n) is 2.60. The largest absolute Gasteiger partial charge is 0.478 e. The topological polar surface area (TPSA) is 81.4 Å². The predicted molar refractivity (Wildman–Crippen MR) is 72.7 cm³/mol. The van der Waals surface area contributed by atoms with Crippen LogP contribution in [0.3, 0.4) is 0 Å². The van der Waals surface area contributed by atoms with Gasteiger partial charge in [-0.3, -0.25) is 4.79 Å². The Hall–Kier alpha value is -2.34. The van der Waals surface area contributed by atoms with Crippen LogP contribution < -0.4 is 10.3 Å². The van der Waals surface area contributed by atoms with Crippen LogP contribution in [-0.4, -0.2) is 20.6 Å². The van der Waals surface area contributed by atoms with Crippen molar-refractivity contribution < 1.29 is 14.6 Å². The first-order valence-corrected chi connectivity index (χ1v) is 6.17. The van der Waals surface area contributed by atoms with E-state index in [-0.39, 0.29) is 22.2 Å². The van der Waals surface area contributed by atoms with Crippen LogP contribution in [0, 0.1) is 0 Å². The van der Waals surface area contributed by atoms with Crippen LogP contribution in [0.15, 0.2) is 35.4 Å². The van der Waals surface area contributed by atoms with E-state index in [9.17, 15) is 9.59 Å². The zero-order chi connectivity index (χ0) is 14.7. The quantitative estimate of drug-likeness (QED) is 0.936. The zero-order valence-corrected chi connectivity index (χ0v) is 11.3. The molecule has 0 fully saturated rings. The number of aryl methyl sites for hydroxylation is 1. The van der Waals surface area contributed by atoms with Crippen molar-refractivity contribution in [2.24, 2.45) is 0 Å². The maximum absolute atomic E-state index is 12.0. The first-order chi connectivity index (χ1) is 9.52. The molecule has 6 nitrogen and oxygen atoms in total. The molecule has 0 atom stereocenters. The standard InChI is InChI=1S/C13H11ClN2O4/c1-2-16-6-5-15-11(12(16)17)20-10-4-3-8(14)7-9(10)13(18)19/h3-7H,2H2,1H3,(H,18,19). The molecule has 0 bridgehead atoms. The van der Waals surface area contributed by atoms with Gasteiger partial charge in [0, 0.05) is 24.0 Å². The Morgan fingerprint density at radius 2 is 2.25 bits per heavy atom. The number of benzene rings is 1. The smallest absolute Gasteiger partial charge is 0.339 e. The Morgan fingerprint density at radius 3 is 2.90 bits per heavy atom. The monoisotopic (exact) mass is 294 g/mol. The maximum Gasteiger partial charge on any atom is 0.339 e. The van der Waals surface area contributed by atoms with Crippen molar-refractivity contribution in [3.05, 3.63) is 51.5 Å². The number of hydrogen-bond donors (Lipinski definition) is 1. The Labute approximate surface area is 119 Å². The van der Waals surface area contributed by atoms with E-state index < -0.39 is 11.5 Å². The van der Waals surface area contributed by atoms with Crippen molar-refractivity contribution in [1.29, 1.82) is 0 Å². The summed E-state index contributed by atoms with van der Waals surface area (Å²) in [6.45, 7) is 2.26. The lowest BCUT2D eigenvalue weighted by Crippen LogP contribution is -2.20. The fourth-order valence-electron chi connectivity index (χ4n) is 1.61. The van der Waals surface area contributed by atoms with Crippen LogP contribution in [-0.2, 0) is 6.54 Å². The molecule has 0 spiro atoms. The van der Waals surface area contributed by atoms with Crippen LogP contribution >= 0.6 is 11.6 Å². The third kappa shape index (κ3) is 2.80. The minimum absolute atomic E-state index is 0.0142. The van der Waals surface area contributed by atoms with Gasteiger partial charge in [0.25, 0.3) is 5.88 Å². The highest BCUT2D eigenvalue weighted by atomic mass is 35.5. The van der Waals surface area contributed by atoms with E-state index in [2.05, 4.69) is 4.98 Å². The number of carboxylic acids is 1. The summed E-state index contributed by atoms with van der Waals surface area (Å²) in [5, 5.41) is 9.36. The summed E-state index contributed by atoms with van der Waals surface area (Å²) in [6.07, 6.45) is 2.94. The first-order valence-electron chi connectivity index (χ1n) is 5.79. The van der Waals surface area contributed by atoms with E-state index in [1.807, 2.05) is 0 Å². The molecule has 0 aliphatic rings. The van der Waals surface area contributed by atoms with Gasteiger partial charge in [-0.05, 0) is 25.1 Å². The number of aromatic carboxylic acids is 1. The summed E-state index contributed by atoms with van der Waals surface area (Å²) >= 11 is 5.74. The van der Waals surface area contributed by atoms with E-state index in [0.29, 0.717) is 6.54 Å². The van der Waals surface area contributed by atoms with E-state index in [4.69, 9.17) is 21.4 Å². The van der Waals surface area contributed by atoms with Crippen LogP contribution in [0.1, 0.15) is 17.3 Å². The summed E-state index contributed by atoms with van der Waals surface area (Å²) in [7, 11) is 0. The maximum atomic E-state index is 12.0. The lowest BCUT2D eigenvalue weighted by atomic mass is 10.2. The molecule has 1 N–H and O–H groups in total. The second-order valence-electron chi connectivity index (χ2n) is 3.87. The van der Waals surface area contributed by atoms with Gasteiger partial charge in [-0.15, -0.1) is 0 Å². The highest BCUT2D eigenvalue weighted by Gasteiger charge is 2.15. The van der Waals surface area contributed by atoms with Crippen molar-refractivity contribution >= 4 is 17.6 Å². The molecular weight excluding hydrogens is 284 g/mol. The molecule has 1 heterocycles. The Balaban J connectivity index is 2.45. The predicted octanol–water partition coefficient (Wildman–Crippen LogP) is 2.41. The molecule has 0 radical (unpaired) electrons. The van der Waals surface area contributed by atoms with Crippen molar-refractivity contribution in [3.8, 4) is 11.6 Å². The lowest BCUT2D eigenvalue weighted by molar-refractivity contribution is 0.0694. The van der Waals surface area contributed by atoms with Gasteiger partial charge in [0.1, 0.15) is 11.3 Å². The van der Waals surface area contributed by atoms with Crippen molar-refractivity contribution in [3.63, 3.8) is 0 Å². The Morgan fingerprint density at radius 1 is 1.50 bits per heavy atom. The number of nitrogens with zero attached hydrogens (tertiary/aromatic N) is 2. The summed E-state index contributed by atoms with van der Waals surface area (Å²) in [5.74, 6) is -1.37. The molecule has 0 saturated heterocycles. The first kappa shape index (κ1) is 14.1. The molecule has 0 saturated carbocycles. The van der Waals surface area contributed by atoms with Gasteiger partial charge < -0.3 is 14.4 Å². The summed E-state index contributed by atoms with van der Waals surface area (Å²) in [4.78, 5) is 26.9. The number of rotatable bonds is 4. The average molecular weight is 295 g/mol. The van der Waals surface area contributed by atoms with Crippen molar-refractivity contribution in [2.45, 2.75) is 13.5 Å². The van der Waals surface area contributed by atoms with Gasteiger partial charge in [0.05, 0.1) is 0 Å². The number of hydrogen-bond acceptors (Lipinski definition) is 4. The number of carbonyl (C=O) groups is 1. The normalized spacial score (nSPS) is 10.3. The van der Waals surface area contributed by atoms with E-state index in [0.717, 1.165) is 0 Å². The molecule has 0 amide bonds. The SMILES string of the molecule is CCn1ccnc(Oc2ccc(Cl)cc2C(=O)O)c1=O. The number of aromatic nitrogens is 2. The molecule has 7 heteroatoms. The zero-order valence-electron chi connectivity index (χ0n) is 10.5. The second-order valence-corrected chi connectivity index (χ2v) is 4.31. The van der Waals surface area contributed by atoms with E-state index in [1.165, 1.54) is 35.2 Å². The molecule has 0 aliphatic carbocycles. The van der Waals surface area contributed by atoms with Gasteiger partial charge in [0.2, 0.25) is 0 Å². The Kier molecular flexibility index (Phi) is 4.05. The second kappa shape index (κ2) is 5.75. The molecule has 20 heavy (non-hydrogen) atoms. The Bertz CT molecular complexity index is 712. The molecule has 104 valence electrons. The van der Waals surface area contributed by atoms with Crippen LogP contribution in [0.25, 0.3) is 0 Å². The van der Waals surface area contributed by atoms with Gasteiger partial charge in [0.15, 0.2) is 0 Å². The highest BCUT2D eigenvalue weighted by molar-refractivity contribution is 6.31. The fourth-order valence-corrected chi connectivity index (χ4v) is 1.78. The molecule has 0 unspecified atom stereocenters. The molecule has 1 aromatic carbocycles. The molecule has 2 aromatic rings. The van der Waals surface area contributed by atoms with Gasteiger partial charge in [-0.1, -0.05) is 11.6 Å². The molecule has 2 rings (SSSR count). The number of carboxylic acid groups (broad SMARTS) is 1. The van der Waals surface area contributed by atoms with Crippen molar-refractivity contribution in [1.82, 2.24) is 9.55 Å². The molecular formula is C13H11ClN2O4. The average Bonchev–Trinajstić information content (AvgIpc) is 2.42. The minimum atomic E-state index is -1.20. The van der Waals surface area contributed by atoms with Gasteiger partial charge in [-0.2, -0.15) is 0 Å². The van der Waals surface area contributed by atoms with Crippen LogP contribution in [0.5, 0.6) is 11.6 Å². The fraction of sp³-hybridized carbons (Fsp3) is 0.154. The van der Waals surface area contributed by atoms with Gasteiger partial charge >= 0.3 is 11.5 Å². The summed E-state index contributed by atoms with van der Waals surface area (Å²) in [5.41, 5.74) is -0.563. The van der Waals surface area contributed by atoms with Gasteiger partial charge in [-0.25, -0.2) is 9.78 Å². The van der Waals surface area contributed by atoms with E-state index >= 15 is 0 Å². The van der Waals surface area contributed by atoms with Crippen molar-refractivity contribution in [2.75, 3.05) is 0 Å². The minimum Gasteiger partial charge on any atom is -0.478 e. The number of ether oxygens (including phenoxy) is 1.